The minimum Gasteiger partial charge on any atom is -0.381 e. The Kier molecular flexibility index (Phi) is 4.38. The third kappa shape index (κ3) is 3.05. The molecule has 1 saturated heterocycles. The monoisotopic (exact) mass is 293 g/mol. The van der Waals surface area contributed by atoms with Crippen LogP contribution in [0.4, 0.5) is 0 Å². The largest absolute Gasteiger partial charge is 0.381 e. The summed E-state index contributed by atoms with van der Waals surface area (Å²) in [5.74, 6) is 0. The second kappa shape index (κ2) is 6.24. The molecule has 1 fully saturated rings. The first-order valence-corrected chi connectivity index (χ1v) is 8.39. The van der Waals surface area contributed by atoms with Gasteiger partial charge in [-0.3, -0.25) is 4.40 Å². The number of thiazole rings is 1. The van der Waals surface area contributed by atoms with Crippen LogP contribution in [0.5, 0.6) is 0 Å². The van der Waals surface area contributed by atoms with Crippen molar-refractivity contribution in [1.29, 1.82) is 0 Å². The van der Waals surface area contributed by atoms with E-state index in [1.807, 2.05) is 0 Å². The minimum atomic E-state index is 0.220. The number of nitrogens with zero attached hydrogens (tertiary/aromatic N) is 2. The Labute approximate surface area is 124 Å². The molecule has 2 aromatic heterocycles. The molecule has 0 radical (unpaired) electrons. The van der Waals surface area contributed by atoms with Gasteiger partial charge in [-0.05, 0) is 25.8 Å². The second-order valence-corrected chi connectivity index (χ2v) is 6.71. The van der Waals surface area contributed by atoms with Gasteiger partial charge < -0.3 is 10.1 Å². The summed E-state index contributed by atoms with van der Waals surface area (Å²) in [5, 5.41) is 5.66. The molecule has 110 valence electrons. The van der Waals surface area contributed by atoms with Crippen molar-refractivity contribution >= 4 is 16.3 Å². The first-order valence-electron chi connectivity index (χ1n) is 7.51. The fraction of sp³-hybridized carbons (Fsp3) is 0.667. The highest BCUT2D eigenvalue weighted by Crippen LogP contribution is 2.32. The first-order chi connectivity index (χ1) is 9.81. The molecule has 4 nitrogen and oxygen atoms in total. The summed E-state index contributed by atoms with van der Waals surface area (Å²) in [4.78, 5) is 5.83. The summed E-state index contributed by atoms with van der Waals surface area (Å²) >= 11 is 1.70. The fourth-order valence-corrected chi connectivity index (χ4v) is 3.75. The normalized spacial score (nSPS) is 23.4. The quantitative estimate of drug-likeness (QED) is 0.832. The van der Waals surface area contributed by atoms with Gasteiger partial charge in [-0.2, -0.15) is 0 Å². The van der Waals surface area contributed by atoms with E-state index in [1.54, 1.807) is 11.3 Å². The predicted molar refractivity (Wildman–Crippen MR) is 82.4 cm³/mol. The van der Waals surface area contributed by atoms with E-state index in [0.29, 0.717) is 0 Å². The number of nitrogens with one attached hydrogen (secondary N) is 1. The Hall–Kier alpha value is -0.910. The molecular formula is C15H23N3OS. The Bertz CT molecular complexity index is 514. The van der Waals surface area contributed by atoms with E-state index in [0.717, 1.165) is 44.1 Å². The van der Waals surface area contributed by atoms with E-state index in [9.17, 15) is 0 Å². The van der Waals surface area contributed by atoms with E-state index < -0.39 is 0 Å². The molecular weight excluding hydrogens is 270 g/mol. The summed E-state index contributed by atoms with van der Waals surface area (Å²) < 4.78 is 7.89. The lowest BCUT2D eigenvalue weighted by atomic mass is 9.78. The Morgan fingerprint density at radius 3 is 3.25 bits per heavy atom. The van der Waals surface area contributed by atoms with Crippen molar-refractivity contribution in [3.63, 3.8) is 0 Å². The van der Waals surface area contributed by atoms with E-state index in [-0.39, 0.29) is 5.41 Å². The van der Waals surface area contributed by atoms with Crippen LogP contribution in [0.3, 0.4) is 0 Å². The van der Waals surface area contributed by atoms with Crippen molar-refractivity contribution in [2.45, 2.75) is 32.6 Å². The van der Waals surface area contributed by atoms with Crippen LogP contribution in [-0.2, 0) is 11.2 Å². The standard InChI is InChI=1S/C15H23N3OS/c1-2-5-16-11-15(4-3-7-19-12-15)9-13-10-18-6-8-20-14(18)17-13/h6,8,10,16H,2-5,7,9,11-12H2,1H3. The fourth-order valence-electron chi connectivity index (χ4n) is 3.03. The van der Waals surface area contributed by atoms with Crippen LogP contribution in [0.15, 0.2) is 17.8 Å². The number of fused-ring (bicyclic) bond motifs is 1. The number of imidazole rings is 1. The molecule has 2 aromatic rings. The smallest absolute Gasteiger partial charge is 0.193 e. The number of rotatable bonds is 6. The molecule has 1 N–H and O–H groups in total. The van der Waals surface area contributed by atoms with E-state index in [4.69, 9.17) is 9.72 Å². The van der Waals surface area contributed by atoms with Crippen molar-refractivity contribution in [2.24, 2.45) is 5.41 Å². The van der Waals surface area contributed by atoms with Gasteiger partial charge in [-0.25, -0.2) is 4.98 Å². The topological polar surface area (TPSA) is 38.6 Å². The summed E-state index contributed by atoms with van der Waals surface area (Å²) in [6.07, 6.45) is 8.83. The molecule has 5 heteroatoms. The molecule has 1 unspecified atom stereocenters. The molecule has 3 heterocycles. The summed E-state index contributed by atoms with van der Waals surface area (Å²) in [5.41, 5.74) is 1.41. The van der Waals surface area contributed by atoms with Gasteiger partial charge in [-0.1, -0.05) is 6.92 Å². The maximum atomic E-state index is 5.77. The molecule has 0 aromatic carbocycles. The zero-order valence-corrected chi connectivity index (χ0v) is 12.9. The molecule has 0 saturated carbocycles. The lowest BCUT2D eigenvalue weighted by molar-refractivity contribution is -0.00749. The SMILES string of the molecule is CCCNCC1(Cc2cn3ccsc3n2)CCCOC1. The van der Waals surface area contributed by atoms with E-state index >= 15 is 0 Å². The molecule has 0 bridgehead atoms. The Balaban J connectivity index is 1.72. The number of hydrogen-bond acceptors (Lipinski definition) is 4. The molecule has 20 heavy (non-hydrogen) atoms. The van der Waals surface area contributed by atoms with Gasteiger partial charge in [0, 0.05) is 42.8 Å². The van der Waals surface area contributed by atoms with Gasteiger partial charge in [-0.15, -0.1) is 11.3 Å². The van der Waals surface area contributed by atoms with Gasteiger partial charge in [0.15, 0.2) is 4.96 Å². The third-order valence-electron chi connectivity index (χ3n) is 4.03. The van der Waals surface area contributed by atoms with Crippen LogP contribution in [0.2, 0.25) is 0 Å². The maximum absolute atomic E-state index is 5.77. The van der Waals surface area contributed by atoms with Crippen molar-refractivity contribution < 1.29 is 4.74 Å². The van der Waals surface area contributed by atoms with Gasteiger partial charge in [0.25, 0.3) is 0 Å². The van der Waals surface area contributed by atoms with Crippen LogP contribution in [0, 0.1) is 5.41 Å². The van der Waals surface area contributed by atoms with Crippen molar-refractivity contribution in [1.82, 2.24) is 14.7 Å². The maximum Gasteiger partial charge on any atom is 0.193 e. The van der Waals surface area contributed by atoms with Crippen molar-refractivity contribution in [2.75, 3.05) is 26.3 Å². The van der Waals surface area contributed by atoms with Crippen LogP contribution >= 0.6 is 11.3 Å². The van der Waals surface area contributed by atoms with Crippen LogP contribution in [-0.4, -0.2) is 35.7 Å². The zero-order chi connectivity index (χ0) is 13.8. The van der Waals surface area contributed by atoms with Crippen LogP contribution in [0.1, 0.15) is 31.9 Å². The molecule has 1 aliphatic heterocycles. The molecule has 0 aliphatic carbocycles. The van der Waals surface area contributed by atoms with Gasteiger partial charge >= 0.3 is 0 Å². The lowest BCUT2D eigenvalue weighted by Crippen LogP contribution is -2.43. The zero-order valence-electron chi connectivity index (χ0n) is 12.1. The van der Waals surface area contributed by atoms with Gasteiger partial charge in [0.05, 0.1) is 12.3 Å². The highest BCUT2D eigenvalue weighted by molar-refractivity contribution is 7.15. The second-order valence-electron chi connectivity index (χ2n) is 5.83. The van der Waals surface area contributed by atoms with Gasteiger partial charge in [0.2, 0.25) is 0 Å². The van der Waals surface area contributed by atoms with Crippen molar-refractivity contribution in [3.05, 3.63) is 23.5 Å². The van der Waals surface area contributed by atoms with Crippen molar-refractivity contribution in [3.8, 4) is 0 Å². The summed E-state index contributed by atoms with van der Waals surface area (Å²) in [7, 11) is 0. The number of aromatic nitrogens is 2. The van der Waals surface area contributed by atoms with E-state index in [2.05, 4.69) is 34.4 Å². The molecule has 3 rings (SSSR count). The average molecular weight is 293 g/mol. The molecule has 1 aliphatic rings. The number of hydrogen-bond donors (Lipinski definition) is 1. The van der Waals surface area contributed by atoms with Crippen LogP contribution in [0.25, 0.3) is 4.96 Å². The Morgan fingerprint density at radius 2 is 2.50 bits per heavy atom. The molecule has 0 amide bonds. The van der Waals surface area contributed by atoms with Crippen LogP contribution < -0.4 is 5.32 Å². The molecule has 1 atom stereocenters. The van der Waals surface area contributed by atoms with E-state index in [1.165, 1.54) is 18.5 Å². The minimum absolute atomic E-state index is 0.220. The average Bonchev–Trinajstić information content (AvgIpc) is 3.01. The molecule has 0 spiro atoms. The third-order valence-corrected chi connectivity index (χ3v) is 4.80. The Morgan fingerprint density at radius 1 is 1.55 bits per heavy atom. The first kappa shape index (κ1) is 14.0. The predicted octanol–water partition coefficient (Wildman–Crippen LogP) is 2.73. The summed E-state index contributed by atoms with van der Waals surface area (Å²) in [6.45, 7) is 6.09. The van der Waals surface area contributed by atoms with Gasteiger partial charge in [0.1, 0.15) is 0 Å². The number of ether oxygens (including phenoxy) is 1. The summed E-state index contributed by atoms with van der Waals surface area (Å²) in [6, 6.07) is 0. The highest BCUT2D eigenvalue weighted by Gasteiger charge is 2.33. The lowest BCUT2D eigenvalue weighted by Gasteiger charge is -2.37. The highest BCUT2D eigenvalue weighted by atomic mass is 32.1.